The molecule has 1 aliphatic heterocycles. The molecule has 0 bridgehead atoms. The summed E-state index contributed by atoms with van der Waals surface area (Å²) in [4.78, 5) is 17.1. The van der Waals surface area contributed by atoms with Gasteiger partial charge in [-0.3, -0.25) is 9.69 Å². The molecule has 6 heteroatoms. The molecular weight excluding hydrogens is 316 g/mol. The minimum absolute atomic E-state index is 0.0179. The van der Waals surface area contributed by atoms with Gasteiger partial charge in [0.1, 0.15) is 11.3 Å². The zero-order valence-corrected chi connectivity index (χ0v) is 15.2. The highest BCUT2D eigenvalue weighted by molar-refractivity contribution is 5.87. The van der Waals surface area contributed by atoms with Crippen molar-refractivity contribution in [3.8, 4) is 0 Å². The Morgan fingerprint density at radius 2 is 1.84 bits per heavy atom. The van der Waals surface area contributed by atoms with Crippen LogP contribution in [0.1, 0.15) is 29.5 Å². The van der Waals surface area contributed by atoms with Crippen molar-refractivity contribution >= 4 is 5.91 Å². The second-order valence-corrected chi connectivity index (χ2v) is 6.94. The predicted octanol–water partition coefficient (Wildman–Crippen LogP) is 1.81. The van der Waals surface area contributed by atoms with E-state index in [2.05, 4.69) is 10.1 Å². The fraction of sp³-hybridized carbons (Fsp3) is 0.474. The summed E-state index contributed by atoms with van der Waals surface area (Å²) in [6.45, 7) is 9.51. The maximum atomic E-state index is 12.9. The smallest absolute Gasteiger partial charge is 0.247 e. The predicted molar refractivity (Wildman–Crippen MR) is 95.8 cm³/mol. The minimum Gasteiger partial charge on any atom is -0.361 e. The lowest BCUT2D eigenvalue weighted by atomic mass is 9.91. The lowest BCUT2D eigenvalue weighted by Gasteiger charge is -2.38. The van der Waals surface area contributed by atoms with E-state index < -0.39 is 5.54 Å². The van der Waals surface area contributed by atoms with Gasteiger partial charge in [0.15, 0.2) is 0 Å². The first kappa shape index (κ1) is 17.6. The van der Waals surface area contributed by atoms with Gasteiger partial charge in [-0.25, -0.2) is 0 Å². The van der Waals surface area contributed by atoms with Crippen molar-refractivity contribution in [2.24, 2.45) is 5.73 Å². The van der Waals surface area contributed by atoms with Gasteiger partial charge in [-0.2, -0.15) is 0 Å². The Bertz CT molecular complexity index is 712. The van der Waals surface area contributed by atoms with Crippen LogP contribution in [0, 0.1) is 13.8 Å². The summed E-state index contributed by atoms with van der Waals surface area (Å²) in [7, 11) is 0. The Morgan fingerprint density at radius 3 is 2.40 bits per heavy atom. The van der Waals surface area contributed by atoms with E-state index in [9.17, 15) is 4.79 Å². The minimum atomic E-state index is -0.995. The van der Waals surface area contributed by atoms with Crippen LogP contribution >= 0.6 is 0 Å². The number of hydrogen-bond donors (Lipinski definition) is 1. The molecule has 1 aliphatic rings. The maximum absolute atomic E-state index is 12.9. The summed E-state index contributed by atoms with van der Waals surface area (Å²) in [5.41, 5.74) is 8.31. The molecule has 3 rings (SSSR count). The molecule has 2 heterocycles. The quantitative estimate of drug-likeness (QED) is 0.917. The molecule has 0 spiro atoms. The lowest BCUT2D eigenvalue weighted by Crippen LogP contribution is -2.56. The highest BCUT2D eigenvalue weighted by Crippen LogP contribution is 2.22. The van der Waals surface area contributed by atoms with Gasteiger partial charge in [-0.15, -0.1) is 0 Å². The molecule has 1 saturated heterocycles. The molecule has 134 valence electrons. The maximum Gasteiger partial charge on any atom is 0.247 e. The topological polar surface area (TPSA) is 75.6 Å². The van der Waals surface area contributed by atoms with E-state index in [-0.39, 0.29) is 5.91 Å². The molecule has 6 nitrogen and oxygen atoms in total. The van der Waals surface area contributed by atoms with Crippen LogP contribution in [-0.2, 0) is 16.9 Å². The van der Waals surface area contributed by atoms with E-state index in [1.165, 1.54) is 0 Å². The molecule has 1 amide bonds. The highest BCUT2D eigenvalue weighted by Gasteiger charge is 2.35. The van der Waals surface area contributed by atoms with Crippen LogP contribution < -0.4 is 5.73 Å². The Balaban J connectivity index is 1.61. The fourth-order valence-corrected chi connectivity index (χ4v) is 3.30. The van der Waals surface area contributed by atoms with Gasteiger partial charge in [0.2, 0.25) is 5.91 Å². The number of benzene rings is 1. The van der Waals surface area contributed by atoms with Crippen molar-refractivity contribution in [3.05, 3.63) is 52.9 Å². The SMILES string of the molecule is Cc1noc(C)c1CN1CCN(C(=O)C(C)(N)c2ccccc2)CC1. The molecule has 25 heavy (non-hydrogen) atoms. The van der Waals surface area contributed by atoms with Crippen LogP contribution in [0.25, 0.3) is 0 Å². The zero-order valence-electron chi connectivity index (χ0n) is 15.2. The van der Waals surface area contributed by atoms with Crippen molar-refractivity contribution in [2.75, 3.05) is 26.2 Å². The summed E-state index contributed by atoms with van der Waals surface area (Å²) in [6.07, 6.45) is 0. The molecule has 2 N–H and O–H groups in total. The summed E-state index contributed by atoms with van der Waals surface area (Å²) in [5.74, 6) is 0.852. The van der Waals surface area contributed by atoms with Crippen molar-refractivity contribution in [1.82, 2.24) is 15.0 Å². The van der Waals surface area contributed by atoms with Crippen molar-refractivity contribution < 1.29 is 9.32 Å². The number of piperazine rings is 1. The number of hydrogen-bond acceptors (Lipinski definition) is 5. The van der Waals surface area contributed by atoms with E-state index in [0.717, 1.165) is 42.2 Å². The van der Waals surface area contributed by atoms with Gasteiger partial charge in [-0.05, 0) is 26.3 Å². The third-order valence-corrected chi connectivity index (χ3v) is 5.04. The first-order chi connectivity index (χ1) is 11.9. The normalized spacial score (nSPS) is 18.2. The van der Waals surface area contributed by atoms with E-state index in [0.29, 0.717) is 13.1 Å². The average molecular weight is 342 g/mol. The van der Waals surface area contributed by atoms with Crippen molar-refractivity contribution in [3.63, 3.8) is 0 Å². The first-order valence-corrected chi connectivity index (χ1v) is 8.67. The summed E-state index contributed by atoms with van der Waals surface area (Å²) in [6, 6.07) is 9.57. The lowest BCUT2D eigenvalue weighted by molar-refractivity contribution is -0.138. The number of carbonyl (C=O) groups excluding carboxylic acids is 1. The number of carbonyl (C=O) groups is 1. The van der Waals surface area contributed by atoms with Gasteiger partial charge < -0.3 is 15.2 Å². The average Bonchev–Trinajstić information content (AvgIpc) is 2.94. The molecule has 1 aromatic heterocycles. The van der Waals surface area contributed by atoms with Gasteiger partial charge in [0.25, 0.3) is 0 Å². The zero-order chi connectivity index (χ0) is 18.0. The summed E-state index contributed by atoms with van der Waals surface area (Å²) < 4.78 is 5.23. The molecule has 0 aliphatic carbocycles. The molecule has 0 saturated carbocycles. The fourth-order valence-electron chi connectivity index (χ4n) is 3.30. The molecule has 0 radical (unpaired) electrons. The number of nitrogens with zero attached hydrogens (tertiary/aromatic N) is 3. The van der Waals surface area contributed by atoms with Gasteiger partial charge in [0.05, 0.1) is 5.69 Å². The molecular formula is C19H26N4O2. The highest BCUT2D eigenvalue weighted by atomic mass is 16.5. The molecule has 2 aromatic rings. The monoisotopic (exact) mass is 342 g/mol. The van der Waals surface area contributed by atoms with Crippen LogP contribution in [0.4, 0.5) is 0 Å². The summed E-state index contributed by atoms with van der Waals surface area (Å²) in [5, 5.41) is 4.01. The second kappa shape index (κ2) is 6.98. The molecule has 1 unspecified atom stereocenters. The Hall–Kier alpha value is -2.18. The Kier molecular flexibility index (Phi) is 4.92. The van der Waals surface area contributed by atoms with Crippen molar-refractivity contribution in [1.29, 1.82) is 0 Å². The Labute approximate surface area is 148 Å². The van der Waals surface area contributed by atoms with E-state index >= 15 is 0 Å². The third kappa shape index (κ3) is 3.60. The van der Waals surface area contributed by atoms with Crippen LogP contribution in [-0.4, -0.2) is 47.0 Å². The molecule has 1 atom stereocenters. The van der Waals surface area contributed by atoms with Crippen LogP contribution in [0.2, 0.25) is 0 Å². The van der Waals surface area contributed by atoms with Gasteiger partial charge >= 0.3 is 0 Å². The number of rotatable bonds is 4. The number of aryl methyl sites for hydroxylation is 2. The largest absolute Gasteiger partial charge is 0.361 e. The second-order valence-electron chi connectivity index (χ2n) is 6.94. The van der Waals surface area contributed by atoms with Crippen LogP contribution in [0.5, 0.6) is 0 Å². The first-order valence-electron chi connectivity index (χ1n) is 8.67. The summed E-state index contributed by atoms with van der Waals surface area (Å²) >= 11 is 0. The third-order valence-electron chi connectivity index (χ3n) is 5.04. The van der Waals surface area contributed by atoms with Gasteiger partial charge in [-0.1, -0.05) is 35.5 Å². The van der Waals surface area contributed by atoms with Gasteiger partial charge in [0, 0.05) is 38.3 Å². The van der Waals surface area contributed by atoms with E-state index in [1.807, 2.05) is 49.1 Å². The van der Waals surface area contributed by atoms with Crippen LogP contribution in [0.15, 0.2) is 34.9 Å². The standard InChI is InChI=1S/C19H26N4O2/c1-14-17(15(2)25-21-14)13-22-9-11-23(12-10-22)18(24)19(3,20)16-7-5-4-6-8-16/h4-8H,9-13,20H2,1-3H3. The van der Waals surface area contributed by atoms with Crippen molar-refractivity contribution in [2.45, 2.75) is 32.9 Å². The van der Waals surface area contributed by atoms with E-state index in [1.54, 1.807) is 6.92 Å². The Morgan fingerprint density at radius 1 is 1.20 bits per heavy atom. The van der Waals surface area contributed by atoms with E-state index in [4.69, 9.17) is 10.3 Å². The number of nitrogens with two attached hydrogens (primary N) is 1. The molecule has 1 aromatic carbocycles. The number of aromatic nitrogens is 1. The van der Waals surface area contributed by atoms with Crippen LogP contribution in [0.3, 0.4) is 0 Å². The molecule has 1 fully saturated rings. The number of amides is 1.